The summed E-state index contributed by atoms with van der Waals surface area (Å²) in [5, 5.41) is 10.7. The molecule has 0 aliphatic heterocycles. The summed E-state index contributed by atoms with van der Waals surface area (Å²) in [7, 11) is 0. The molecule has 0 amide bonds. The van der Waals surface area contributed by atoms with Gasteiger partial charge in [-0.2, -0.15) is 13.2 Å². The van der Waals surface area contributed by atoms with Crippen molar-refractivity contribution in [1.82, 2.24) is 0 Å². The third kappa shape index (κ3) is 2.69. The molecule has 6 heteroatoms. The zero-order chi connectivity index (χ0) is 20.5. The topological polar surface area (TPSA) is 46.5 Å². The number of fused-ring (bicyclic) bond motifs is 5. The molecule has 160 valence electrons. The number of rotatable bonds is 1. The monoisotopic (exact) mass is 402 g/mol. The van der Waals surface area contributed by atoms with Gasteiger partial charge in [-0.15, -0.1) is 0 Å². The second-order valence-electron chi connectivity index (χ2n) is 10.5. The van der Waals surface area contributed by atoms with Crippen LogP contribution in [0.15, 0.2) is 0 Å². The first-order valence-electron chi connectivity index (χ1n) is 10.9. The molecule has 1 N–H and O–H groups in total. The average Bonchev–Trinajstić information content (AvgIpc) is 2.87. The normalized spacial score (nSPS) is 51.0. The molecule has 4 aliphatic rings. The molecular weight excluding hydrogens is 369 g/mol. The molecule has 4 rings (SSSR count). The third-order valence-electron chi connectivity index (χ3n) is 9.57. The maximum absolute atomic E-state index is 13.8. The maximum atomic E-state index is 13.8. The molecule has 0 spiro atoms. The molecule has 4 fully saturated rings. The standard InChI is InChI=1S/C22H33F3O3/c1-13(26)28-15-6-9-19(2)14(12-15)4-5-16-17(19)7-10-20(3)18(16)8-11-21(20,27)22(23,24)25/h14-18,27H,4-12H2,1-3H3/t14?,15?,16-,17-,18+,19+,20+,21?/m1/s1. The lowest BCUT2D eigenvalue weighted by atomic mass is 9.44. The van der Waals surface area contributed by atoms with Gasteiger partial charge in [-0.1, -0.05) is 13.8 Å². The summed E-state index contributed by atoms with van der Waals surface area (Å²) in [6.45, 7) is 5.47. The number of hydrogen-bond donors (Lipinski definition) is 1. The minimum Gasteiger partial charge on any atom is -0.463 e. The predicted octanol–water partition coefficient (Wildman–Crippen LogP) is 5.25. The zero-order valence-corrected chi connectivity index (χ0v) is 17.1. The summed E-state index contributed by atoms with van der Waals surface area (Å²) in [5.41, 5.74) is -3.50. The van der Waals surface area contributed by atoms with Crippen LogP contribution >= 0.6 is 0 Å². The van der Waals surface area contributed by atoms with E-state index < -0.39 is 17.2 Å². The van der Waals surface area contributed by atoms with Crippen LogP contribution < -0.4 is 0 Å². The van der Waals surface area contributed by atoms with Gasteiger partial charge in [-0.25, -0.2) is 0 Å². The van der Waals surface area contributed by atoms with Gasteiger partial charge < -0.3 is 9.84 Å². The Kier molecular flexibility index (Phi) is 4.65. The first-order valence-corrected chi connectivity index (χ1v) is 10.9. The number of ether oxygens (including phenoxy) is 1. The molecule has 0 aromatic rings. The van der Waals surface area contributed by atoms with Gasteiger partial charge in [0.05, 0.1) is 0 Å². The fourth-order valence-corrected chi connectivity index (χ4v) is 8.04. The molecule has 4 aliphatic carbocycles. The lowest BCUT2D eigenvalue weighted by Crippen LogP contribution is -2.61. The molecule has 28 heavy (non-hydrogen) atoms. The Balaban J connectivity index is 1.57. The molecule has 0 aromatic heterocycles. The van der Waals surface area contributed by atoms with E-state index in [1.54, 1.807) is 6.92 Å². The van der Waals surface area contributed by atoms with Crippen LogP contribution in [0.25, 0.3) is 0 Å². The SMILES string of the molecule is CC(=O)OC1CC[C@@]2(C)C(CC[C@@H]3[C@H]2CC[C@@]2(C)[C@H]3CCC2(O)C(F)(F)F)C1. The Labute approximate surface area is 165 Å². The largest absolute Gasteiger partial charge is 0.463 e. The quantitative estimate of drug-likeness (QED) is 0.609. The molecule has 3 nitrogen and oxygen atoms in total. The van der Waals surface area contributed by atoms with Crippen LogP contribution in [0, 0.1) is 34.5 Å². The van der Waals surface area contributed by atoms with Crippen molar-refractivity contribution in [3.63, 3.8) is 0 Å². The van der Waals surface area contributed by atoms with Crippen LogP contribution in [0.3, 0.4) is 0 Å². The van der Waals surface area contributed by atoms with Crippen molar-refractivity contribution in [3.05, 3.63) is 0 Å². The van der Waals surface area contributed by atoms with Crippen LogP contribution in [0.1, 0.15) is 78.6 Å². The molecule has 0 aromatic carbocycles. The van der Waals surface area contributed by atoms with E-state index in [1.165, 1.54) is 6.92 Å². The number of carbonyl (C=O) groups is 1. The van der Waals surface area contributed by atoms with Crippen molar-refractivity contribution in [2.24, 2.45) is 34.5 Å². The number of alkyl halides is 3. The Morgan fingerprint density at radius 2 is 1.68 bits per heavy atom. The van der Waals surface area contributed by atoms with Gasteiger partial charge >= 0.3 is 12.1 Å². The minimum absolute atomic E-state index is 0.0113. The third-order valence-corrected chi connectivity index (χ3v) is 9.57. The van der Waals surface area contributed by atoms with Crippen molar-refractivity contribution in [2.45, 2.75) is 96.4 Å². The highest BCUT2D eigenvalue weighted by Gasteiger charge is 2.72. The predicted molar refractivity (Wildman–Crippen MR) is 98.3 cm³/mol. The Morgan fingerprint density at radius 3 is 2.32 bits per heavy atom. The van der Waals surface area contributed by atoms with Gasteiger partial charge in [-0.05, 0) is 86.9 Å². The smallest absolute Gasteiger partial charge is 0.417 e. The first-order chi connectivity index (χ1) is 12.9. The molecule has 0 heterocycles. The number of esters is 1. The van der Waals surface area contributed by atoms with E-state index in [4.69, 9.17) is 4.74 Å². The van der Waals surface area contributed by atoms with Gasteiger partial charge in [0.1, 0.15) is 6.10 Å². The highest BCUT2D eigenvalue weighted by atomic mass is 19.4. The number of halogens is 3. The Bertz CT molecular complexity index is 649. The van der Waals surface area contributed by atoms with Crippen molar-refractivity contribution in [1.29, 1.82) is 0 Å². The van der Waals surface area contributed by atoms with E-state index in [2.05, 4.69) is 6.92 Å². The van der Waals surface area contributed by atoms with Gasteiger partial charge in [-0.3, -0.25) is 4.79 Å². The molecule has 4 saturated carbocycles. The molecule has 8 atom stereocenters. The van der Waals surface area contributed by atoms with Crippen molar-refractivity contribution < 1.29 is 27.8 Å². The van der Waals surface area contributed by atoms with Gasteiger partial charge in [0.25, 0.3) is 0 Å². The van der Waals surface area contributed by atoms with Crippen LogP contribution in [0.2, 0.25) is 0 Å². The number of carbonyl (C=O) groups excluding carboxylic acids is 1. The molecule has 0 radical (unpaired) electrons. The van der Waals surface area contributed by atoms with Crippen molar-refractivity contribution >= 4 is 5.97 Å². The van der Waals surface area contributed by atoms with Crippen LogP contribution in [0.4, 0.5) is 13.2 Å². The van der Waals surface area contributed by atoms with E-state index in [9.17, 15) is 23.1 Å². The second-order valence-corrected chi connectivity index (χ2v) is 10.5. The van der Waals surface area contributed by atoms with Gasteiger partial charge in [0, 0.05) is 12.3 Å². The molecule has 0 saturated heterocycles. The van der Waals surface area contributed by atoms with Crippen LogP contribution in [-0.4, -0.2) is 29.0 Å². The number of hydrogen-bond acceptors (Lipinski definition) is 3. The Morgan fingerprint density at radius 1 is 1.00 bits per heavy atom. The maximum Gasteiger partial charge on any atom is 0.417 e. The van der Waals surface area contributed by atoms with Crippen molar-refractivity contribution in [2.75, 3.05) is 0 Å². The van der Waals surface area contributed by atoms with Crippen LogP contribution in [-0.2, 0) is 9.53 Å². The van der Waals surface area contributed by atoms with E-state index in [1.807, 2.05) is 0 Å². The van der Waals surface area contributed by atoms with E-state index in [-0.39, 0.29) is 35.7 Å². The molecule has 3 unspecified atom stereocenters. The van der Waals surface area contributed by atoms with Gasteiger partial charge in [0.15, 0.2) is 5.60 Å². The average molecular weight is 402 g/mol. The molecular formula is C22H33F3O3. The molecule has 0 bridgehead atoms. The minimum atomic E-state index is -4.56. The summed E-state index contributed by atoms with van der Waals surface area (Å²) < 4.78 is 46.8. The fraction of sp³-hybridized carbons (Fsp3) is 0.955. The zero-order valence-electron chi connectivity index (χ0n) is 17.1. The van der Waals surface area contributed by atoms with Crippen molar-refractivity contribution in [3.8, 4) is 0 Å². The second kappa shape index (κ2) is 6.36. The number of aliphatic hydroxyl groups is 1. The summed E-state index contributed by atoms with van der Waals surface area (Å²) in [5.74, 6) is 0.869. The van der Waals surface area contributed by atoms with E-state index >= 15 is 0 Å². The van der Waals surface area contributed by atoms with E-state index in [0.717, 1.165) is 38.5 Å². The summed E-state index contributed by atoms with van der Waals surface area (Å²) >= 11 is 0. The summed E-state index contributed by atoms with van der Waals surface area (Å²) in [6.07, 6.45) is 1.60. The highest BCUT2D eigenvalue weighted by Crippen LogP contribution is 2.70. The summed E-state index contributed by atoms with van der Waals surface area (Å²) in [6, 6.07) is 0. The van der Waals surface area contributed by atoms with E-state index in [0.29, 0.717) is 24.7 Å². The lowest BCUT2D eigenvalue weighted by molar-refractivity contribution is -0.304. The Hall–Kier alpha value is -0.780. The summed E-state index contributed by atoms with van der Waals surface area (Å²) in [4.78, 5) is 11.3. The highest BCUT2D eigenvalue weighted by molar-refractivity contribution is 5.66. The fourth-order valence-electron chi connectivity index (χ4n) is 8.04. The lowest BCUT2D eigenvalue weighted by Gasteiger charge is -2.61. The van der Waals surface area contributed by atoms with Crippen LogP contribution in [0.5, 0.6) is 0 Å². The first kappa shape index (κ1) is 20.5. The van der Waals surface area contributed by atoms with Gasteiger partial charge in [0.2, 0.25) is 0 Å².